The molecule has 0 saturated heterocycles. The average molecular weight is 243 g/mol. The van der Waals surface area contributed by atoms with Crippen LogP contribution in [0.25, 0.3) is 0 Å². The molecule has 1 fully saturated rings. The fourth-order valence-corrected chi connectivity index (χ4v) is 2.19. The second-order valence-corrected chi connectivity index (χ2v) is 4.96. The standard InChI is InChI=1S/C13H25NO3/c1-10(17-2)8-9-13(16)14-11-6-4-3-5-7-12(11)15/h10-12,15H,3-9H2,1-2H3,(H,14,16). The van der Waals surface area contributed by atoms with E-state index in [2.05, 4.69) is 5.32 Å². The minimum Gasteiger partial charge on any atom is -0.391 e. The van der Waals surface area contributed by atoms with Crippen LogP contribution in [-0.4, -0.2) is 36.4 Å². The van der Waals surface area contributed by atoms with E-state index in [0.29, 0.717) is 6.42 Å². The summed E-state index contributed by atoms with van der Waals surface area (Å²) < 4.78 is 5.10. The van der Waals surface area contributed by atoms with Gasteiger partial charge in [0.1, 0.15) is 0 Å². The van der Waals surface area contributed by atoms with E-state index in [1.54, 1.807) is 7.11 Å². The number of carbonyl (C=O) groups is 1. The SMILES string of the molecule is COC(C)CCC(=O)NC1CCCCCC1O. The molecule has 0 aromatic heterocycles. The number of aliphatic hydroxyl groups excluding tert-OH is 1. The van der Waals surface area contributed by atoms with Gasteiger partial charge in [-0.1, -0.05) is 19.3 Å². The normalized spacial score (nSPS) is 27.2. The van der Waals surface area contributed by atoms with Gasteiger partial charge in [-0.05, 0) is 26.2 Å². The van der Waals surface area contributed by atoms with E-state index in [0.717, 1.165) is 38.5 Å². The summed E-state index contributed by atoms with van der Waals surface area (Å²) in [5.74, 6) is 0.0276. The maximum Gasteiger partial charge on any atom is 0.220 e. The highest BCUT2D eigenvalue weighted by atomic mass is 16.5. The van der Waals surface area contributed by atoms with Gasteiger partial charge in [-0.3, -0.25) is 4.79 Å². The van der Waals surface area contributed by atoms with E-state index in [9.17, 15) is 9.90 Å². The molecule has 0 aromatic carbocycles. The first-order valence-corrected chi connectivity index (χ1v) is 6.63. The van der Waals surface area contributed by atoms with Crippen LogP contribution in [0.1, 0.15) is 51.9 Å². The third-order valence-electron chi connectivity index (χ3n) is 3.51. The minimum absolute atomic E-state index is 0.0276. The van der Waals surface area contributed by atoms with E-state index in [1.807, 2.05) is 6.92 Å². The van der Waals surface area contributed by atoms with E-state index >= 15 is 0 Å². The Morgan fingerprint density at radius 3 is 2.82 bits per heavy atom. The van der Waals surface area contributed by atoms with Crippen molar-refractivity contribution < 1.29 is 14.6 Å². The largest absolute Gasteiger partial charge is 0.391 e. The molecule has 0 heterocycles. The zero-order chi connectivity index (χ0) is 12.7. The Hall–Kier alpha value is -0.610. The van der Waals surface area contributed by atoms with Gasteiger partial charge >= 0.3 is 0 Å². The molecular weight excluding hydrogens is 218 g/mol. The van der Waals surface area contributed by atoms with Gasteiger partial charge in [-0.15, -0.1) is 0 Å². The molecule has 1 rings (SSSR count). The number of nitrogens with one attached hydrogen (secondary N) is 1. The minimum atomic E-state index is -0.374. The Balaban J connectivity index is 2.28. The van der Waals surface area contributed by atoms with Gasteiger partial charge in [0.25, 0.3) is 0 Å². The molecule has 17 heavy (non-hydrogen) atoms. The zero-order valence-electron chi connectivity index (χ0n) is 10.9. The molecular formula is C13H25NO3. The summed E-state index contributed by atoms with van der Waals surface area (Å²) in [7, 11) is 1.65. The van der Waals surface area contributed by atoms with E-state index in [1.165, 1.54) is 0 Å². The molecule has 1 aliphatic rings. The number of rotatable bonds is 5. The first kappa shape index (κ1) is 14.5. The van der Waals surface area contributed by atoms with Crippen LogP contribution in [0.15, 0.2) is 0 Å². The van der Waals surface area contributed by atoms with Crippen molar-refractivity contribution in [1.29, 1.82) is 0 Å². The molecule has 0 aromatic rings. The van der Waals surface area contributed by atoms with Gasteiger partial charge in [0.05, 0.1) is 18.2 Å². The van der Waals surface area contributed by atoms with Crippen LogP contribution in [-0.2, 0) is 9.53 Å². The first-order chi connectivity index (χ1) is 8.13. The average Bonchev–Trinajstić information content (AvgIpc) is 2.52. The zero-order valence-corrected chi connectivity index (χ0v) is 10.9. The Morgan fingerprint density at radius 1 is 1.41 bits per heavy atom. The second-order valence-electron chi connectivity index (χ2n) is 4.96. The van der Waals surface area contributed by atoms with E-state index in [-0.39, 0.29) is 24.2 Å². The molecule has 0 spiro atoms. The summed E-state index contributed by atoms with van der Waals surface area (Å²) in [4.78, 5) is 11.7. The molecule has 0 bridgehead atoms. The molecule has 4 nitrogen and oxygen atoms in total. The number of aliphatic hydroxyl groups is 1. The highest BCUT2D eigenvalue weighted by molar-refractivity contribution is 5.76. The number of methoxy groups -OCH3 is 1. The Bertz CT molecular complexity index is 233. The Kier molecular flexibility index (Phi) is 6.52. The fourth-order valence-electron chi connectivity index (χ4n) is 2.19. The molecule has 3 atom stereocenters. The summed E-state index contributed by atoms with van der Waals surface area (Å²) in [6.45, 7) is 1.95. The summed E-state index contributed by atoms with van der Waals surface area (Å²) in [6, 6.07) is -0.0529. The van der Waals surface area contributed by atoms with Crippen molar-refractivity contribution in [2.75, 3.05) is 7.11 Å². The summed E-state index contributed by atoms with van der Waals surface area (Å²) >= 11 is 0. The van der Waals surface area contributed by atoms with Crippen LogP contribution >= 0.6 is 0 Å². The summed E-state index contributed by atoms with van der Waals surface area (Å²) in [6.07, 6.45) is 5.95. The van der Waals surface area contributed by atoms with Crippen LogP contribution in [0.2, 0.25) is 0 Å². The van der Waals surface area contributed by atoms with Crippen molar-refractivity contribution in [3.8, 4) is 0 Å². The van der Waals surface area contributed by atoms with Gasteiger partial charge in [-0.25, -0.2) is 0 Å². The quantitative estimate of drug-likeness (QED) is 0.721. The van der Waals surface area contributed by atoms with Crippen molar-refractivity contribution in [1.82, 2.24) is 5.32 Å². The molecule has 1 amide bonds. The number of hydrogen-bond donors (Lipinski definition) is 2. The topological polar surface area (TPSA) is 58.6 Å². The van der Waals surface area contributed by atoms with Crippen molar-refractivity contribution in [2.24, 2.45) is 0 Å². The van der Waals surface area contributed by atoms with E-state index < -0.39 is 0 Å². The molecule has 0 aliphatic heterocycles. The number of carbonyl (C=O) groups excluding carboxylic acids is 1. The number of hydrogen-bond acceptors (Lipinski definition) is 3. The maximum atomic E-state index is 11.7. The van der Waals surface area contributed by atoms with Gasteiger partial charge in [0, 0.05) is 13.5 Å². The second kappa shape index (κ2) is 7.67. The van der Waals surface area contributed by atoms with Gasteiger partial charge in [0.2, 0.25) is 5.91 Å². The Labute approximate surface area is 104 Å². The highest BCUT2D eigenvalue weighted by Gasteiger charge is 2.22. The van der Waals surface area contributed by atoms with Crippen molar-refractivity contribution in [2.45, 2.75) is 70.1 Å². The summed E-state index contributed by atoms with van der Waals surface area (Å²) in [5, 5.41) is 12.8. The molecule has 0 radical (unpaired) electrons. The predicted molar refractivity (Wildman–Crippen MR) is 66.7 cm³/mol. The lowest BCUT2D eigenvalue weighted by molar-refractivity contribution is -0.123. The first-order valence-electron chi connectivity index (χ1n) is 6.63. The molecule has 4 heteroatoms. The molecule has 1 aliphatic carbocycles. The smallest absolute Gasteiger partial charge is 0.220 e. The Morgan fingerprint density at radius 2 is 2.12 bits per heavy atom. The van der Waals surface area contributed by atoms with Gasteiger partial charge in [-0.2, -0.15) is 0 Å². The lowest BCUT2D eigenvalue weighted by Crippen LogP contribution is -2.42. The van der Waals surface area contributed by atoms with Crippen molar-refractivity contribution in [3.63, 3.8) is 0 Å². The molecule has 100 valence electrons. The number of ether oxygens (including phenoxy) is 1. The van der Waals surface area contributed by atoms with Crippen LogP contribution in [0, 0.1) is 0 Å². The fraction of sp³-hybridized carbons (Fsp3) is 0.923. The highest BCUT2D eigenvalue weighted by Crippen LogP contribution is 2.18. The third kappa shape index (κ3) is 5.50. The lowest BCUT2D eigenvalue weighted by atomic mass is 10.1. The van der Waals surface area contributed by atoms with Crippen LogP contribution in [0.4, 0.5) is 0 Å². The van der Waals surface area contributed by atoms with Crippen molar-refractivity contribution >= 4 is 5.91 Å². The predicted octanol–water partition coefficient (Wildman–Crippen LogP) is 1.61. The molecule has 3 unspecified atom stereocenters. The van der Waals surface area contributed by atoms with Crippen LogP contribution in [0.5, 0.6) is 0 Å². The third-order valence-corrected chi connectivity index (χ3v) is 3.51. The molecule has 2 N–H and O–H groups in total. The monoisotopic (exact) mass is 243 g/mol. The molecule has 1 saturated carbocycles. The van der Waals surface area contributed by atoms with Crippen molar-refractivity contribution in [3.05, 3.63) is 0 Å². The summed E-state index contributed by atoms with van der Waals surface area (Å²) in [5.41, 5.74) is 0. The van der Waals surface area contributed by atoms with Crippen LogP contribution < -0.4 is 5.32 Å². The maximum absolute atomic E-state index is 11.7. The van der Waals surface area contributed by atoms with Gasteiger partial charge in [0.15, 0.2) is 0 Å². The van der Waals surface area contributed by atoms with Crippen LogP contribution in [0.3, 0.4) is 0 Å². The van der Waals surface area contributed by atoms with Gasteiger partial charge < -0.3 is 15.2 Å². The number of amides is 1. The lowest BCUT2D eigenvalue weighted by Gasteiger charge is -2.22. The van der Waals surface area contributed by atoms with E-state index in [4.69, 9.17) is 4.74 Å².